The maximum absolute atomic E-state index is 6.03. The number of thioether (sulfide) groups is 1. The van der Waals surface area contributed by atoms with Crippen molar-refractivity contribution >= 4 is 23.1 Å². The monoisotopic (exact) mass is 317 g/mol. The topological polar surface area (TPSA) is 21.3 Å². The Morgan fingerprint density at radius 2 is 2.19 bits per heavy atom. The predicted octanol–water partition coefficient (Wildman–Crippen LogP) is 4.27. The van der Waals surface area contributed by atoms with Gasteiger partial charge in [-0.05, 0) is 35.1 Å². The van der Waals surface area contributed by atoms with Crippen LogP contribution in [-0.4, -0.2) is 17.9 Å². The second-order valence-corrected chi connectivity index (χ2v) is 8.46. The highest BCUT2D eigenvalue weighted by atomic mass is 32.2. The molecule has 1 aromatic carbocycles. The molecular weight excluding hydrogens is 298 g/mol. The molecule has 4 heteroatoms. The van der Waals surface area contributed by atoms with Gasteiger partial charge < -0.3 is 10.1 Å². The van der Waals surface area contributed by atoms with Crippen molar-refractivity contribution in [2.24, 2.45) is 0 Å². The van der Waals surface area contributed by atoms with E-state index in [9.17, 15) is 0 Å². The fraction of sp³-hybridized carbons (Fsp3) is 0.412. The minimum absolute atomic E-state index is 0.273. The highest BCUT2D eigenvalue weighted by Gasteiger charge is 2.28. The molecule has 3 atom stereocenters. The van der Waals surface area contributed by atoms with Crippen molar-refractivity contribution in [1.82, 2.24) is 5.32 Å². The minimum atomic E-state index is 0.273. The summed E-state index contributed by atoms with van der Waals surface area (Å²) in [5.41, 5.74) is 2.83. The first-order chi connectivity index (χ1) is 10.3. The van der Waals surface area contributed by atoms with E-state index in [1.807, 2.05) is 29.2 Å². The summed E-state index contributed by atoms with van der Waals surface area (Å²) in [4.78, 5) is 0. The van der Waals surface area contributed by atoms with Gasteiger partial charge in [-0.3, -0.25) is 0 Å². The van der Waals surface area contributed by atoms with Crippen molar-refractivity contribution in [3.63, 3.8) is 0 Å². The Labute approximate surface area is 133 Å². The van der Waals surface area contributed by atoms with Gasteiger partial charge >= 0.3 is 0 Å². The number of ether oxygens (including phenoxy) is 1. The summed E-state index contributed by atoms with van der Waals surface area (Å²) in [6.45, 7) is 3.25. The zero-order valence-corrected chi connectivity index (χ0v) is 13.7. The van der Waals surface area contributed by atoms with Crippen LogP contribution < -0.4 is 10.1 Å². The van der Waals surface area contributed by atoms with E-state index in [2.05, 4.69) is 41.9 Å². The van der Waals surface area contributed by atoms with Gasteiger partial charge in [0.1, 0.15) is 11.9 Å². The second-order valence-electron chi connectivity index (χ2n) is 5.84. The third-order valence-corrected chi connectivity index (χ3v) is 6.56. The zero-order valence-electron chi connectivity index (χ0n) is 12.0. The van der Waals surface area contributed by atoms with Gasteiger partial charge in [-0.1, -0.05) is 25.1 Å². The maximum atomic E-state index is 6.03. The van der Waals surface area contributed by atoms with E-state index >= 15 is 0 Å². The molecule has 0 amide bonds. The van der Waals surface area contributed by atoms with Crippen LogP contribution in [0.5, 0.6) is 5.75 Å². The molecule has 0 saturated heterocycles. The fourth-order valence-electron chi connectivity index (χ4n) is 3.18. The minimum Gasteiger partial charge on any atom is -0.488 e. The number of nitrogens with one attached hydrogen (secondary N) is 1. The van der Waals surface area contributed by atoms with Crippen LogP contribution in [0.15, 0.2) is 39.9 Å². The molecule has 2 aliphatic rings. The maximum Gasteiger partial charge on any atom is 0.123 e. The average molecular weight is 317 g/mol. The van der Waals surface area contributed by atoms with Gasteiger partial charge in [0.15, 0.2) is 0 Å². The van der Waals surface area contributed by atoms with Crippen LogP contribution in [0, 0.1) is 0 Å². The quantitative estimate of drug-likeness (QED) is 0.913. The van der Waals surface area contributed by atoms with Gasteiger partial charge in [0.2, 0.25) is 0 Å². The second kappa shape index (κ2) is 5.67. The van der Waals surface area contributed by atoms with Crippen LogP contribution in [0.4, 0.5) is 0 Å². The number of rotatable bonds is 3. The van der Waals surface area contributed by atoms with Crippen LogP contribution >= 0.6 is 23.1 Å². The predicted molar refractivity (Wildman–Crippen MR) is 89.6 cm³/mol. The Bertz CT molecular complexity index is 614. The summed E-state index contributed by atoms with van der Waals surface area (Å²) in [5.74, 6) is 1.06. The summed E-state index contributed by atoms with van der Waals surface area (Å²) in [6.07, 6.45) is 2.50. The van der Waals surface area contributed by atoms with Gasteiger partial charge in [-0.15, -0.1) is 23.1 Å². The van der Waals surface area contributed by atoms with E-state index in [-0.39, 0.29) is 6.10 Å². The number of para-hydroxylation sites is 1. The van der Waals surface area contributed by atoms with Crippen molar-refractivity contribution in [3.05, 3.63) is 46.8 Å². The third-order valence-electron chi connectivity index (χ3n) is 4.22. The zero-order chi connectivity index (χ0) is 14.2. The molecule has 0 fully saturated rings. The van der Waals surface area contributed by atoms with E-state index in [0.717, 1.165) is 18.7 Å². The highest BCUT2D eigenvalue weighted by molar-refractivity contribution is 8.01. The molecule has 3 heterocycles. The molecule has 2 unspecified atom stereocenters. The van der Waals surface area contributed by atoms with Gasteiger partial charge in [0.05, 0.1) is 4.21 Å². The number of thiophene rings is 1. The lowest BCUT2D eigenvalue weighted by Crippen LogP contribution is -2.35. The number of fused-ring (bicyclic) bond motifs is 2. The Morgan fingerprint density at radius 3 is 3.10 bits per heavy atom. The van der Waals surface area contributed by atoms with E-state index in [0.29, 0.717) is 11.3 Å². The molecular formula is C17H19NOS2. The summed E-state index contributed by atoms with van der Waals surface area (Å²) < 4.78 is 7.52. The van der Waals surface area contributed by atoms with Crippen molar-refractivity contribution in [3.8, 4) is 5.75 Å². The first-order valence-electron chi connectivity index (χ1n) is 7.51. The van der Waals surface area contributed by atoms with Gasteiger partial charge in [0.25, 0.3) is 0 Å². The van der Waals surface area contributed by atoms with E-state index in [4.69, 9.17) is 4.74 Å². The molecule has 0 spiro atoms. The number of hydrogen-bond acceptors (Lipinski definition) is 4. The van der Waals surface area contributed by atoms with E-state index < -0.39 is 0 Å². The Hall–Kier alpha value is -0.970. The largest absolute Gasteiger partial charge is 0.488 e. The molecule has 21 heavy (non-hydrogen) atoms. The molecule has 0 radical (unpaired) electrons. The lowest BCUT2D eigenvalue weighted by atomic mass is 10.0. The van der Waals surface area contributed by atoms with Crippen LogP contribution in [0.25, 0.3) is 0 Å². The molecule has 1 aromatic heterocycles. The van der Waals surface area contributed by atoms with Gasteiger partial charge in [-0.25, -0.2) is 0 Å². The molecule has 0 bridgehead atoms. The lowest BCUT2D eigenvalue weighted by molar-refractivity contribution is 0.219. The molecule has 1 N–H and O–H groups in total. The van der Waals surface area contributed by atoms with Crippen LogP contribution in [0.3, 0.4) is 0 Å². The summed E-state index contributed by atoms with van der Waals surface area (Å²) in [5, 5.41) is 6.64. The molecule has 0 aliphatic carbocycles. The smallest absolute Gasteiger partial charge is 0.123 e. The fourth-order valence-corrected chi connectivity index (χ4v) is 5.75. The normalized spacial score (nSPS) is 27.0. The molecule has 2 aromatic rings. The third kappa shape index (κ3) is 2.72. The summed E-state index contributed by atoms with van der Waals surface area (Å²) >= 11 is 3.89. The Morgan fingerprint density at radius 1 is 1.29 bits per heavy atom. The van der Waals surface area contributed by atoms with E-state index in [1.165, 1.54) is 21.8 Å². The van der Waals surface area contributed by atoms with Crippen molar-refractivity contribution in [2.45, 2.75) is 41.4 Å². The van der Waals surface area contributed by atoms with E-state index in [1.54, 1.807) is 0 Å². The highest BCUT2D eigenvalue weighted by Crippen LogP contribution is 2.43. The Kier molecular flexibility index (Phi) is 3.69. The van der Waals surface area contributed by atoms with Crippen LogP contribution in [0.2, 0.25) is 0 Å². The molecule has 4 rings (SSSR count). The average Bonchev–Trinajstić information content (AvgIpc) is 3.10. The Balaban J connectivity index is 1.41. The SMILES string of the molecule is C[C@H]1CC(NCC2Cc3ccccc3O2)c2ccsc2S1. The number of benzene rings is 1. The van der Waals surface area contributed by atoms with Gasteiger partial charge in [0, 0.05) is 24.3 Å². The lowest BCUT2D eigenvalue weighted by Gasteiger charge is -2.28. The first kappa shape index (κ1) is 13.7. The molecule has 2 aliphatic heterocycles. The summed E-state index contributed by atoms with van der Waals surface area (Å²) in [6, 6.07) is 11.1. The first-order valence-corrected chi connectivity index (χ1v) is 9.27. The van der Waals surface area contributed by atoms with Crippen LogP contribution in [-0.2, 0) is 6.42 Å². The van der Waals surface area contributed by atoms with Gasteiger partial charge in [-0.2, -0.15) is 0 Å². The summed E-state index contributed by atoms with van der Waals surface area (Å²) in [7, 11) is 0. The molecule has 110 valence electrons. The molecule has 2 nitrogen and oxygen atoms in total. The standard InChI is InChI=1S/C17H19NOS2/c1-11-8-15(14-6-7-20-17(14)21-11)18-10-13-9-12-4-2-3-5-16(12)19-13/h2-7,11,13,15,18H,8-10H2,1H3/t11-,13?,15?/m0/s1. The van der Waals surface area contributed by atoms with Crippen LogP contribution in [0.1, 0.15) is 30.5 Å². The van der Waals surface area contributed by atoms with Crippen molar-refractivity contribution in [2.75, 3.05) is 6.54 Å². The van der Waals surface area contributed by atoms with Crippen molar-refractivity contribution < 1.29 is 4.74 Å². The van der Waals surface area contributed by atoms with Crippen molar-refractivity contribution in [1.29, 1.82) is 0 Å². The molecule has 0 saturated carbocycles. The number of hydrogen-bond donors (Lipinski definition) is 1.